The van der Waals surface area contributed by atoms with Gasteiger partial charge in [0.25, 0.3) is 0 Å². The van der Waals surface area contributed by atoms with E-state index in [4.69, 9.17) is 18.8 Å². The van der Waals surface area contributed by atoms with Gasteiger partial charge < -0.3 is 8.83 Å². The summed E-state index contributed by atoms with van der Waals surface area (Å²) in [6.45, 7) is 4.88. The van der Waals surface area contributed by atoms with Crippen LogP contribution >= 0.6 is 0 Å². The summed E-state index contributed by atoms with van der Waals surface area (Å²) in [7, 11) is 0. The Morgan fingerprint density at radius 3 is 1.58 bits per heavy atom. The van der Waals surface area contributed by atoms with Crippen molar-refractivity contribution >= 4 is 33.0 Å². The Hall–Kier alpha value is -7.56. The fraction of sp³-hybridized carbons (Fsp3) is 0.103. The van der Waals surface area contributed by atoms with Crippen molar-refractivity contribution in [2.45, 2.75) is 24.7 Å². The molecule has 3 unspecified atom stereocenters. The van der Waals surface area contributed by atoms with Crippen molar-refractivity contribution in [2.75, 3.05) is 0 Å². The molecule has 8 aromatic carbocycles. The molecule has 0 aliphatic heterocycles. The standard InChI is InChI=1S/C58H40N2O2/c1-57(2)45-15-5-7-17-47(45)58(48-18-8-6-16-46(48)57)49-34-39(27-28-43(49)44-32-37-13-3-4-14-38(37)33-50(44)58)35-23-25-36(26-24-35)40-29-41(55-59-51-19-9-11-21-53(51)61-55)31-42(30-40)56-60-52-20-10-12-22-54(52)62-56/h3-34,45,47H,1-2H3. The molecule has 0 radical (unpaired) electrons. The zero-order valence-corrected chi connectivity index (χ0v) is 34.3. The number of rotatable bonds is 4. The number of hydrogen-bond acceptors (Lipinski definition) is 4. The van der Waals surface area contributed by atoms with Gasteiger partial charge in [-0.1, -0.05) is 147 Å². The van der Waals surface area contributed by atoms with Gasteiger partial charge in [0.1, 0.15) is 11.0 Å². The second kappa shape index (κ2) is 13.0. The lowest BCUT2D eigenvalue weighted by Crippen LogP contribution is -2.51. The Morgan fingerprint density at radius 1 is 0.403 bits per heavy atom. The van der Waals surface area contributed by atoms with Gasteiger partial charge in [0.05, 0.1) is 5.41 Å². The van der Waals surface area contributed by atoms with Crippen LogP contribution in [0.5, 0.6) is 0 Å². The lowest BCUT2D eigenvalue weighted by Gasteiger charge is -2.54. The van der Waals surface area contributed by atoms with Crippen molar-refractivity contribution in [1.29, 1.82) is 0 Å². The van der Waals surface area contributed by atoms with Gasteiger partial charge in [-0.15, -0.1) is 0 Å². The van der Waals surface area contributed by atoms with Crippen molar-refractivity contribution in [3.8, 4) is 56.3 Å². The van der Waals surface area contributed by atoms with Crippen LogP contribution in [0.4, 0.5) is 0 Å². The molecule has 2 heterocycles. The number of oxazole rings is 2. The largest absolute Gasteiger partial charge is 0.436 e. The summed E-state index contributed by atoms with van der Waals surface area (Å²) in [5.41, 5.74) is 17.2. The van der Waals surface area contributed by atoms with Crippen molar-refractivity contribution in [3.05, 3.63) is 216 Å². The first kappa shape index (κ1) is 35.2. The minimum absolute atomic E-state index is 0.0426. The molecule has 3 aliphatic carbocycles. The summed E-state index contributed by atoms with van der Waals surface area (Å²) >= 11 is 0. The smallest absolute Gasteiger partial charge is 0.227 e. The molecule has 0 amide bonds. The van der Waals surface area contributed by atoms with E-state index in [1.165, 1.54) is 55.3 Å². The zero-order valence-electron chi connectivity index (χ0n) is 34.3. The summed E-state index contributed by atoms with van der Waals surface area (Å²) < 4.78 is 12.6. The summed E-state index contributed by atoms with van der Waals surface area (Å²) in [5, 5.41) is 2.55. The molecule has 4 nitrogen and oxygen atoms in total. The Bertz CT molecular complexity index is 3370. The van der Waals surface area contributed by atoms with Gasteiger partial charge in [0.2, 0.25) is 11.8 Å². The van der Waals surface area contributed by atoms with Gasteiger partial charge in [-0.25, -0.2) is 9.97 Å². The highest BCUT2D eigenvalue weighted by Gasteiger charge is 2.58. The lowest BCUT2D eigenvalue weighted by atomic mass is 9.48. The maximum atomic E-state index is 6.30. The molecule has 0 saturated heterocycles. The van der Waals surface area contributed by atoms with Gasteiger partial charge in [-0.2, -0.15) is 0 Å². The van der Waals surface area contributed by atoms with Crippen molar-refractivity contribution in [1.82, 2.24) is 9.97 Å². The number of nitrogens with zero attached hydrogens (tertiary/aromatic N) is 2. The highest BCUT2D eigenvalue weighted by Crippen LogP contribution is 2.65. The van der Waals surface area contributed by atoms with Crippen LogP contribution in [0.3, 0.4) is 0 Å². The Morgan fingerprint density at radius 2 is 0.919 bits per heavy atom. The molecule has 13 rings (SSSR count). The summed E-state index contributed by atoms with van der Waals surface area (Å²) in [6, 6.07) is 61.3. The number of fused-ring (bicyclic) bond motifs is 12. The van der Waals surface area contributed by atoms with Crippen LogP contribution in [-0.2, 0) is 10.8 Å². The van der Waals surface area contributed by atoms with Gasteiger partial charge >= 0.3 is 0 Å². The van der Waals surface area contributed by atoms with E-state index in [0.29, 0.717) is 17.7 Å². The van der Waals surface area contributed by atoms with Gasteiger partial charge in [0.15, 0.2) is 11.2 Å². The molecule has 3 aliphatic rings. The molecule has 2 aromatic heterocycles. The van der Waals surface area contributed by atoms with E-state index in [2.05, 4.69) is 159 Å². The van der Waals surface area contributed by atoms with Gasteiger partial charge in [0, 0.05) is 17.0 Å². The summed E-state index contributed by atoms with van der Waals surface area (Å²) in [4.78, 5) is 9.73. The van der Waals surface area contributed by atoms with E-state index in [0.717, 1.165) is 44.5 Å². The normalized spacial score (nSPS) is 19.2. The van der Waals surface area contributed by atoms with Crippen LogP contribution in [0.2, 0.25) is 0 Å². The van der Waals surface area contributed by atoms with Gasteiger partial charge in [-0.3, -0.25) is 0 Å². The molecule has 0 saturated carbocycles. The molecule has 3 atom stereocenters. The zero-order chi connectivity index (χ0) is 41.2. The Labute approximate surface area is 359 Å². The van der Waals surface area contributed by atoms with Crippen LogP contribution in [-0.4, -0.2) is 9.97 Å². The van der Waals surface area contributed by atoms with E-state index in [-0.39, 0.29) is 16.7 Å². The third kappa shape index (κ3) is 5.01. The number of benzene rings is 8. The first-order valence-corrected chi connectivity index (χ1v) is 21.5. The fourth-order valence-corrected chi connectivity index (χ4v) is 11.2. The van der Waals surface area contributed by atoms with Crippen molar-refractivity contribution < 1.29 is 8.83 Å². The quantitative estimate of drug-likeness (QED) is 0.178. The van der Waals surface area contributed by atoms with E-state index in [1.54, 1.807) is 0 Å². The molecule has 0 bridgehead atoms. The van der Waals surface area contributed by atoms with E-state index >= 15 is 0 Å². The third-order valence-electron chi connectivity index (χ3n) is 14.1. The van der Waals surface area contributed by atoms with E-state index in [1.807, 2.05) is 48.5 Å². The predicted molar refractivity (Wildman–Crippen MR) is 251 cm³/mol. The SMILES string of the molecule is CC1(C)c2ccccc2C2(c3cc(-c4ccc(-c5cc(-c6nc7ccccc7o6)cc(-c6nc7ccccc7o6)c5)cc4)ccc3-c3cc4ccccc4cc32)C2C=CC=CC21. The van der Waals surface area contributed by atoms with Crippen LogP contribution in [0.1, 0.15) is 36.1 Å². The lowest BCUT2D eigenvalue weighted by molar-refractivity contribution is 0.219. The van der Waals surface area contributed by atoms with Gasteiger partial charge in [-0.05, 0) is 138 Å². The van der Waals surface area contributed by atoms with Crippen LogP contribution < -0.4 is 0 Å². The third-order valence-corrected chi connectivity index (χ3v) is 14.1. The Balaban J connectivity index is 0.966. The number of aromatic nitrogens is 2. The van der Waals surface area contributed by atoms with Crippen molar-refractivity contribution in [3.63, 3.8) is 0 Å². The minimum Gasteiger partial charge on any atom is -0.436 e. The molecule has 0 fully saturated rings. The second-order valence-electron chi connectivity index (χ2n) is 17.8. The molecule has 62 heavy (non-hydrogen) atoms. The first-order chi connectivity index (χ1) is 30.4. The molecule has 1 spiro atoms. The van der Waals surface area contributed by atoms with Crippen LogP contribution in [0, 0.1) is 11.8 Å². The molecular weight excluding hydrogens is 757 g/mol. The highest BCUT2D eigenvalue weighted by atomic mass is 16.4. The van der Waals surface area contributed by atoms with Crippen LogP contribution in [0.15, 0.2) is 203 Å². The van der Waals surface area contributed by atoms with E-state index < -0.39 is 0 Å². The van der Waals surface area contributed by atoms with Crippen LogP contribution in [0.25, 0.3) is 89.3 Å². The average molecular weight is 797 g/mol. The Kier molecular flexibility index (Phi) is 7.37. The number of allylic oxidation sites excluding steroid dienone is 4. The predicted octanol–water partition coefficient (Wildman–Crippen LogP) is 14.8. The molecular formula is C58H40N2O2. The second-order valence-corrected chi connectivity index (χ2v) is 17.8. The van der Waals surface area contributed by atoms with Crippen molar-refractivity contribution in [2.24, 2.45) is 11.8 Å². The monoisotopic (exact) mass is 796 g/mol. The topological polar surface area (TPSA) is 52.1 Å². The first-order valence-electron chi connectivity index (χ1n) is 21.5. The maximum Gasteiger partial charge on any atom is 0.227 e. The number of hydrogen-bond donors (Lipinski definition) is 0. The van der Waals surface area contributed by atoms with E-state index in [9.17, 15) is 0 Å². The molecule has 10 aromatic rings. The minimum atomic E-state index is -0.366. The summed E-state index contributed by atoms with van der Waals surface area (Å²) in [5.74, 6) is 1.67. The fourth-order valence-electron chi connectivity index (χ4n) is 11.2. The molecule has 0 N–H and O–H groups in total. The summed E-state index contributed by atoms with van der Waals surface area (Å²) in [6.07, 6.45) is 9.52. The highest BCUT2D eigenvalue weighted by molar-refractivity contribution is 5.96. The number of para-hydroxylation sites is 4. The molecule has 4 heteroatoms. The molecule has 294 valence electrons. The maximum absolute atomic E-state index is 6.30. The average Bonchev–Trinajstić information content (AvgIpc) is 4.04.